The summed E-state index contributed by atoms with van der Waals surface area (Å²) in [6, 6.07) is 43.5. The lowest BCUT2D eigenvalue weighted by molar-refractivity contribution is 0.253. The molecule has 2 aromatic heterocycles. The van der Waals surface area contributed by atoms with Crippen LogP contribution in [0.1, 0.15) is 55.4 Å². The quantitative estimate of drug-likeness (QED) is 0.189. The van der Waals surface area contributed by atoms with Crippen LogP contribution < -0.4 is 9.80 Å². The van der Waals surface area contributed by atoms with Crippen molar-refractivity contribution < 1.29 is 0 Å². The summed E-state index contributed by atoms with van der Waals surface area (Å²) in [6.07, 6.45) is 0. The van der Waals surface area contributed by atoms with Crippen molar-refractivity contribution >= 4 is 45.3 Å². The number of fused-ring (bicyclic) bond motifs is 6. The summed E-state index contributed by atoms with van der Waals surface area (Å²) in [5.41, 5.74) is 10.6. The molecule has 0 radical (unpaired) electrons. The second kappa shape index (κ2) is 10.1. The second-order valence-electron chi connectivity index (χ2n) is 16.0. The third kappa shape index (κ3) is 3.85. The van der Waals surface area contributed by atoms with Crippen molar-refractivity contribution in [3.63, 3.8) is 0 Å². The van der Waals surface area contributed by atoms with Gasteiger partial charge in [0.15, 0.2) is 0 Å². The zero-order valence-corrected chi connectivity index (χ0v) is 30.2. The predicted octanol–water partition coefficient (Wildman–Crippen LogP) is 11.1. The van der Waals surface area contributed by atoms with Crippen LogP contribution in [0.4, 0.5) is 23.3 Å². The lowest BCUT2D eigenvalue weighted by atomic mass is 9.82. The maximum Gasteiger partial charge on any atom is 0.212 e. The molecule has 4 heterocycles. The van der Waals surface area contributed by atoms with Crippen LogP contribution in [0.2, 0.25) is 0 Å². The van der Waals surface area contributed by atoms with E-state index >= 15 is 0 Å². The fourth-order valence-electron chi connectivity index (χ4n) is 8.51. The number of hydrogen-bond donors (Lipinski definition) is 0. The highest BCUT2D eigenvalue weighted by molar-refractivity contribution is 5.98. The monoisotopic (exact) mass is 656 g/mol. The lowest BCUT2D eigenvalue weighted by Gasteiger charge is -2.41. The Bertz CT molecular complexity index is 2260. The molecule has 9 rings (SSSR count). The van der Waals surface area contributed by atoms with E-state index in [1.807, 2.05) is 0 Å². The minimum Gasteiger partial charge on any atom is -0.304 e. The van der Waals surface area contributed by atoms with E-state index in [-0.39, 0.29) is 22.2 Å². The van der Waals surface area contributed by atoms with Crippen LogP contribution >= 0.6 is 0 Å². The summed E-state index contributed by atoms with van der Waals surface area (Å²) >= 11 is 0. The molecule has 7 aromatic rings. The number of imidazole rings is 2. The van der Waals surface area contributed by atoms with E-state index in [2.05, 4.69) is 196 Å². The highest BCUT2D eigenvalue weighted by Gasteiger charge is 2.54. The molecule has 2 aliphatic heterocycles. The molecule has 0 N–H and O–H groups in total. The van der Waals surface area contributed by atoms with Crippen LogP contribution in [-0.2, 0) is 11.1 Å². The minimum atomic E-state index is -0.227. The van der Waals surface area contributed by atoms with Crippen molar-refractivity contribution in [1.29, 1.82) is 0 Å². The standard InChI is InChI=1S/C44H44N6/c1-41(2)43(5,6)49-37-33(21-15-23-35(37)45-39(49)47(41)31-17-11-9-12-18-31)29-25-27-30(28-26-29)34-22-16-24-36-38(34)50-40(46-36)48(32-19-13-10-14-20-32)42(3,4)44(50,7)8/h9-28H,1-8H3. The van der Waals surface area contributed by atoms with E-state index in [0.29, 0.717) is 0 Å². The molecule has 0 bridgehead atoms. The van der Waals surface area contributed by atoms with Crippen LogP contribution in [0.5, 0.6) is 0 Å². The summed E-state index contributed by atoms with van der Waals surface area (Å²) in [7, 11) is 0. The third-order valence-electron chi connectivity index (χ3n) is 12.5. The van der Waals surface area contributed by atoms with Crippen LogP contribution in [0.3, 0.4) is 0 Å². The molecular weight excluding hydrogens is 613 g/mol. The lowest BCUT2D eigenvalue weighted by Crippen LogP contribution is -2.50. The van der Waals surface area contributed by atoms with Crippen molar-refractivity contribution in [2.45, 2.75) is 77.5 Å². The zero-order chi connectivity index (χ0) is 34.8. The van der Waals surface area contributed by atoms with Gasteiger partial charge in [0.1, 0.15) is 0 Å². The Labute approximate surface area is 294 Å². The van der Waals surface area contributed by atoms with Crippen molar-refractivity contribution in [2.75, 3.05) is 9.80 Å². The van der Waals surface area contributed by atoms with E-state index < -0.39 is 0 Å². The topological polar surface area (TPSA) is 42.1 Å². The maximum atomic E-state index is 5.28. The molecule has 0 fully saturated rings. The SMILES string of the molecule is CC1(C)N(c2ccccc2)c2nc3cccc(-c4ccc(-c5cccc6nc7n(c56)C(C)(C)C(C)(C)N7c5ccccc5)cc4)c3n2C1(C)C. The summed E-state index contributed by atoms with van der Waals surface area (Å²) in [5, 5.41) is 0. The average Bonchev–Trinajstić information content (AvgIpc) is 3.76. The van der Waals surface area contributed by atoms with Gasteiger partial charge in [-0.3, -0.25) is 0 Å². The molecule has 5 aromatic carbocycles. The Hall–Kier alpha value is -5.36. The van der Waals surface area contributed by atoms with Gasteiger partial charge in [0, 0.05) is 22.5 Å². The molecule has 0 unspecified atom stereocenters. The minimum absolute atomic E-state index is 0.204. The Morgan fingerprint density at radius 1 is 0.380 bits per heavy atom. The molecule has 0 atom stereocenters. The first-order valence-electron chi connectivity index (χ1n) is 17.7. The van der Waals surface area contributed by atoms with Crippen molar-refractivity contribution in [2.24, 2.45) is 0 Å². The van der Waals surface area contributed by atoms with E-state index in [1.165, 1.54) is 33.3 Å². The molecule has 0 amide bonds. The van der Waals surface area contributed by atoms with Gasteiger partial charge >= 0.3 is 0 Å². The Kier molecular flexibility index (Phi) is 6.20. The van der Waals surface area contributed by atoms with Crippen LogP contribution in [0.15, 0.2) is 121 Å². The third-order valence-corrected chi connectivity index (χ3v) is 12.5. The number of anilines is 4. The van der Waals surface area contributed by atoms with E-state index in [0.717, 1.165) is 34.3 Å². The first kappa shape index (κ1) is 30.7. The summed E-state index contributed by atoms with van der Waals surface area (Å²) in [5.74, 6) is 1.98. The number of aromatic nitrogens is 4. The van der Waals surface area contributed by atoms with Gasteiger partial charge in [0.2, 0.25) is 11.9 Å². The van der Waals surface area contributed by atoms with Gasteiger partial charge < -0.3 is 18.9 Å². The first-order valence-corrected chi connectivity index (χ1v) is 17.7. The van der Waals surface area contributed by atoms with Gasteiger partial charge in [-0.05, 0) is 103 Å². The number of para-hydroxylation sites is 4. The Morgan fingerprint density at radius 2 is 0.740 bits per heavy atom. The molecule has 0 aliphatic carbocycles. The van der Waals surface area contributed by atoms with Crippen molar-refractivity contribution in [3.05, 3.63) is 121 Å². The predicted molar refractivity (Wildman–Crippen MR) is 208 cm³/mol. The largest absolute Gasteiger partial charge is 0.304 e. The van der Waals surface area contributed by atoms with E-state index in [4.69, 9.17) is 9.97 Å². The van der Waals surface area contributed by atoms with Crippen molar-refractivity contribution in [1.82, 2.24) is 19.1 Å². The van der Waals surface area contributed by atoms with Crippen LogP contribution in [-0.4, -0.2) is 30.2 Å². The van der Waals surface area contributed by atoms with Gasteiger partial charge in [0.05, 0.1) is 44.2 Å². The molecule has 6 nitrogen and oxygen atoms in total. The molecule has 0 saturated heterocycles. The molecule has 6 heteroatoms. The summed E-state index contributed by atoms with van der Waals surface area (Å²) in [6.45, 7) is 18.7. The van der Waals surface area contributed by atoms with Gasteiger partial charge in [-0.2, -0.15) is 0 Å². The smallest absolute Gasteiger partial charge is 0.212 e. The highest BCUT2D eigenvalue weighted by Crippen LogP contribution is 2.54. The molecule has 2 aliphatic rings. The number of nitrogens with zero attached hydrogens (tertiary/aromatic N) is 6. The highest BCUT2D eigenvalue weighted by atomic mass is 15.5. The van der Waals surface area contributed by atoms with Crippen molar-refractivity contribution in [3.8, 4) is 22.3 Å². The van der Waals surface area contributed by atoms with Gasteiger partial charge in [-0.1, -0.05) is 84.9 Å². The summed E-state index contributed by atoms with van der Waals surface area (Å²) in [4.78, 5) is 15.4. The molecule has 250 valence electrons. The van der Waals surface area contributed by atoms with Crippen LogP contribution in [0, 0.1) is 0 Å². The Morgan fingerprint density at radius 3 is 1.10 bits per heavy atom. The first-order chi connectivity index (χ1) is 23.9. The fraction of sp³-hybridized carbons (Fsp3) is 0.273. The van der Waals surface area contributed by atoms with E-state index in [1.54, 1.807) is 0 Å². The summed E-state index contributed by atoms with van der Waals surface area (Å²) < 4.78 is 4.94. The molecular formula is C44H44N6. The van der Waals surface area contributed by atoms with E-state index in [9.17, 15) is 0 Å². The zero-order valence-electron chi connectivity index (χ0n) is 30.2. The fourth-order valence-corrected chi connectivity index (χ4v) is 8.51. The number of hydrogen-bond acceptors (Lipinski definition) is 4. The molecule has 50 heavy (non-hydrogen) atoms. The molecule has 0 saturated carbocycles. The molecule has 0 spiro atoms. The number of rotatable bonds is 4. The second-order valence-corrected chi connectivity index (χ2v) is 16.0. The van der Waals surface area contributed by atoms with Crippen LogP contribution in [0.25, 0.3) is 44.3 Å². The van der Waals surface area contributed by atoms with Gasteiger partial charge in [0.25, 0.3) is 0 Å². The normalized spacial score (nSPS) is 18.2. The maximum absolute atomic E-state index is 5.28. The average molecular weight is 657 g/mol. The Balaban J connectivity index is 1.18. The number of benzene rings is 5. The van der Waals surface area contributed by atoms with Gasteiger partial charge in [-0.25, -0.2) is 9.97 Å². The van der Waals surface area contributed by atoms with Gasteiger partial charge in [-0.15, -0.1) is 0 Å².